The van der Waals surface area contributed by atoms with E-state index < -0.39 is 58.9 Å². The Morgan fingerprint density at radius 3 is 0.796 bits per heavy atom. The van der Waals surface area contributed by atoms with Gasteiger partial charge in [-0.15, -0.1) is 0 Å². The molecule has 7 atom stereocenters. The largest absolute Gasteiger partial charge is 0.390 e. The Labute approximate surface area is 875 Å². The number of pyridine rings is 1. The number of aromatic nitrogens is 13. The Bertz CT molecular complexity index is 6370. The number of primary amides is 3. The van der Waals surface area contributed by atoms with E-state index in [-0.39, 0.29) is 91.0 Å². The zero-order valence-electron chi connectivity index (χ0n) is 82.3. The number of alkyl halides is 8. The van der Waals surface area contributed by atoms with E-state index >= 15 is 26.3 Å². The van der Waals surface area contributed by atoms with Gasteiger partial charge in [-0.25, -0.2) is 65.0 Å². The fraction of sp³-hybridized carbons (Fsp3) is 0.509. The summed E-state index contributed by atoms with van der Waals surface area (Å²) in [5.74, 6) is -4.26. The van der Waals surface area contributed by atoms with Crippen LogP contribution in [0.2, 0.25) is 25.1 Å². The third kappa shape index (κ3) is 20.7. The molecule has 5 aromatic carbocycles. The van der Waals surface area contributed by atoms with Crippen LogP contribution in [0.15, 0.2) is 184 Å². The summed E-state index contributed by atoms with van der Waals surface area (Å²) in [5.41, 5.74) is 28.4. The zero-order valence-corrected chi connectivity index (χ0v) is 86.1. The first-order valence-corrected chi connectivity index (χ1v) is 54.5. The highest BCUT2D eigenvalue weighted by Crippen LogP contribution is 2.63. The molecular formula is C114H125Cl5F8N16O4. The zero-order chi connectivity index (χ0) is 102. The molecule has 20 nitrogen and oxygen atoms in total. The Morgan fingerprint density at radius 2 is 0.544 bits per heavy atom. The van der Waals surface area contributed by atoms with Gasteiger partial charge in [0.1, 0.15) is 34.0 Å². The van der Waals surface area contributed by atoms with Crippen LogP contribution in [0.5, 0.6) is 0 Å². The molecule has 7 aromatic heterocycles. The summed E-state index contributed by atoms with van der Waals surface area (Å²) in [5, 5.41) is 14.2. The highest BCUT2D eigenvalue weighted by molar-refractivity contribution is 6.33. The number of halogens is 13. The molecule has 776 valence electrons. The Kier molecular flexibility index (Phi) is 28.5. The lowest BCUT2D eigenvalue weighted by Crippen LogP contribution is -2.45. The molecule has 13 heterocycles. The topological polar surface area (TPSA) is 269 Å². The smallest absolute Gasteiger partial charge is 0.248 e. The maximum absolute atomic E-state index is 15.3. The molecule has 0 radical (unpaired) electrons. The van der Waals surface area contributed by atoms with Crippen molar-refractivity contribution in [2.45, 2.75) is 333 Å². The lowest BCUT2D eigenvalue weighted by molar-refractivity contribution is -0.124. The van der Waals surface area contributed by atoms with E-state index in [9.17, 15) is 28.3 Å². The standard InChI is InChI=1S/2C20H22ClFN2.3C19H21ClFN3O.C17H18F3N3O/c2*21-15-3-1-2-14-17-12-23-13-24(17)16(18(14)15)4-5-20(22)10-8-19(6-7-19)9-11-20;3*20-14-3-1-2-13-16-10-23-11-24(16)15(17(13)14)6-9-19(21)7-4-12(5-8-19)18(22)25;18-16(3-5-17(19,20)6-4-16)14(24)8-12-15-11(2-1-7-22-15)13-9-21-10-23(12)13/h2*1-3,12-13,16H,4-11H2;3*1-3,10-12,15H,4-9H2,(H2,22,25);1-2,7,9-10,12,14,24H,3-6,8H2. The number of aliphatic hydroxyl groups excluding tert-OH is 1. The van der Waals surface area contributed by atoms with E-state index in [1.807, 2.05) is 139 Å². The highest BCUT2D eigenvalue weighted by Gasteiger charge is 2.54. The molecule has 6 aliphatic heterocycles. The predicted octanol–water partition coefficient (Wildman–Crippen LogP) is 28.2. The van der Waals surface area contributed by atoms with Crippen LogP contribution in [0.25, 0.3) is 67.5 Å². The molecule has 14 aliphatic rings. The number of hydrogen-bond donors (Lipinski definition) is 4. The highest BCUT2D eigenvalue weighted by atomic mass is 35.5. The molecule has 0 bridgehead atoms. The summed E-state index contributed by atoms with van der Waals surface area (Å²) < 4.78 is 130. The Morgan fingerprint density at radius 1 is 0.313 bits per heavy atom. The van der Waals surface area contributed by atoms with Crippen molar-refractivity contribution in [2.75, 3.05) is 0 Å². The third-order valence-electron chi connectivity index (χ3n) is 36.1. The maximum atomic E-state index is 15.3. The van der Waals surface area contributed by atoms with Gasteiger partial charge in [0.05, 0.1) is 157 Å². The number of hydrogen-bond acceptors (Lipinski definition) is 11. The van der Waals surface area contributed by atoms with Crippen molar-refractivity contribution in [3.8, 4) is 67.5 Å². The number of nitrogens with zero attached hydrogens (tertiary/aromatic N) is 13. The Hall–Kier alpha value is -10.2. The first-order valence-electron chi connectivity index (χ1n) is 52.6. The summed E-state index contributed by atoms with van der Waals surface area (Å²) in [7, 11) is 0. The van der Waals surface area contributed by atoms with Crippen LogP contribution in [0.4, 0.5) is 35.1 Å². The monoisotopic (exact) mass is 2110 g/mol. The van der Waals surface area contributed by atoms with Gasteiger partial charge in [-0.2, -0.15) is 0 Å². The van der Waals surface area contributed by atoms with Crippen molar-refractivity contribution in [3.63, 3.8) is 0 Å². The number of benzene rings is 5. The lowest BCUT2D eigenvalue weighted by Gasteiger charge is -2.37. The first-order chi connectivity index (χ1) is 70.5. The molecule has 7 N–H and O–H groups in total. The lowest BCUT2D eigenvalue weighted by atomic mass is 9.75. The van der Waals surface area contributed by atoms with Crippen molar-refractivity contribution in [1.29, 1.82) is 0 Å². The summed E-state index contributed by atoms with van der Waals surface area (Å²) in [4.78, 5) is 63.6. The molecule has 26 rings (SSSR count). The summed E-state index contributed by atoms with van der Waals surface area (Å²) in [6.07, 6.45) is 45.0. The maximum Gasteiger partial charge on any atom is 0.248 e. The molecule has 0 saturated heterocycles. The molecule has 2 spiro atoms. The van der Waals surface area contributed by atoms with Gasteiger partial charge in [0, 0.05) is 130 Å². The van der Waals surface area contributed by atoms with Gasteiger partial charge in [0.2, 0.25) is 23.6 Å². The second kappa shape index (κ2) is 40.8. The third-order valence-corrected chi connectivity index (χ3v) is 37.8. The second-order valence-electron chi connectivity index (χ2n) is 44.8. The van der Waals surface area contributed by atoms with Gasteiger partial charge in [0.15, 0.2) is 0 Å². The second-order valence-corrected chi connectivity index (χ2v) is 46.8. The first kappa shape index (κ1) is 103. The SMILES string of the molecule is FC1(CCC2c3c(Cl)cccc3-c3cncn32)CCC2(CC1)CC2.FC1(CCC2c3c(Cl)cccc3-c3cncn32)CCC2(CC1)CC2.NC(=O)C1CCC(F)(CCC2c3c(Cl)cccc3-c3cncn32)CC1.NC(=O)C1CCC(F)(CCC2c3c(Cl)cccc3-c3cncn32)CC1.NC(=O)C1CCC(F)(CCC2c3c(Cl)cccc3-c3cncn32)CC1.OC(CC1c2ncccc2-c2cncn21)C1(F)CCC(F)(F)CC1. The van der Waals surface area contributed by atoms with Crippen LogP contribution < -0.4 is 17.2 Å². The minimum atomic E-state index is -2.83. The van der Waals surface area contributed by atoms with E-state index in [4.69, 9.17) is 75.2 Å². The molecule has 12 aromatic rings. The predicted molar refractivity (Wildman–Crippen MR) is 555 cm³/mol. The number of aliphatic hydroxyl groups is 1. The van der Waals surface area contributed by atoms with Gasteiger partial charge in [-0.05, 0) is 284 Å². The van der Waals surface area contributed by atoms with Crippen molar-refractivity contribution in [2.24, 2.45) is 45.8 Å². The number of amides is 3. The van der Waals surface area contributed by atoms with E-state index in [0.29, 0.717) is 139 Å². The van der Waals surface area contributed by atoms with Crippen molar-refractivity contribution in [1.82, 2.24) is 62.3 Å². The van der Waals surface area contributed by atoms with Crippen LogP contribution >= 0.6 is 58.0 Å². The van der Waals surface area contributed by atoms with Gasteiger partial charge >= 0.3 is 0 Å². The van der Waals surface area contributed by atoms with Gasteiger partial charge in [0.25, 0.3) is 0 Å². The number of rotatable bonds is 21. The molecule has 3 amide bonds. The number of nitrogens with two attached hydrogens (primary N) is 3. The van der Waals surface area contributed by atoms with Crippen LogP contribution in [-0.2, 0) is 14.4 Å². The molecule has 7 unspecified atom stereocenters. The van der Waals surface area contributed by atoms with E-state index in [0.717, 1.165) is 190 Å². The van der Waals surface area contributed by atoms with Gasteiger partial charge < -0.3 is 49.7 Å². The normalized spacial score (nSPS) is 26.6. The van der Waals surface area contributed by atoms with E-state index in [2.05, 4.69) is 69.9 Å². The van der Waals surface area contributed by atoms with Crippen LogP contribution in [0, 0.1) is 28.6 Å². The number of fused-ring (bicyclic) bond motifs is 18. The van der Waals surface area contributed by atoms with E-state index in [1.54, 1.807) is 37.7 Å². The van der Waals surface area contributed by atoms with Crippen molar-refractivity contribution in [3.05, 3.63) is 243 Å². The summed E-state index contributed by atoms with van der Waals surface area (Å²) >= 11 is 32.3. The minimum Gasteiger partial charge on any atom is -0.390 e. The molecule has 8 saturated carbocycles. The molecule has 147 heavy (non-hydrogen) atoms. The van der Waals surface area contributed by atoms with Crippen LogP contribution in [0.1, 0.15) is 320 Å². The van der Waals surface area contributed by atoms with Crippen LogP contribution in [0.3, 0.4) is 0 Å². The minimum absolute atomic E-state index is 0.0164. The molecule has 8 fully saturated rings. The number of imidazole rings is 6. The fourth-order valence-electron chi connectivity index (χ4n) is 26.5. The summed E-state index contributed by atoms with van der Waals surface area (Å²) in [6.45, 7) is 0. The molecular weight excluding hydrogens is 1990 g/mol. The van der Waals surface area contributed by atoms with Crippen molar-refractivity contribution < 1.29 is 54.6 Å². The fourth-order valence-corrected chi connectivity index (χ4v) is 28.0. The number of carbonyl (C=O) groups is 3. The molecule has 8 aliphatic carbocycles. The quantitative estimate of drug-likeness (QED) is 0.0491. The van der Waals surface area contributed by atoms with E-state index in [1.165, 1.54) is 25.7 Å². The molecule has 33 heteroatoms. The van der Waals surface area contributed by atoms with Crippen LogP contribution in [-0.4, -0.2) is 131 Å². The average Bonchev–Trinajstić information content (AvgIpc) is 1.55. The number of carbonyl (C=O) groups excluding carboxylic acids is 3. The average molecular weight is 2110 g/mol. The van der Waals surface area contributed by atoms with Crippen molar-refractivity contribution >= 4 is 75.7 Å². The Balaban J connectivity index is 0.000000103. The summed E-state index contributed by atoms with van der Waals surface area (Å²) in [6, 6.07) is 33.3. The van der Waals surface area contributed by atoms with Gasteiger partial charge in [-0.1, -0.05) is 119 Å². The van der Waals surface area contributed by atoms with Gasteiger partial charge in [-0.3, -0.25) is 19.4 Å².